The molecular weight excluding hydrogens is 263 g/mol. The average molecular weight is 282 g/mol. The Morgan fingerprint density at radius 1 is 1.60 bits per heavy atom. The fourth-order valence-electron chi connectivity index (χ4n) is 1.88. The summed E-state index contributed by atoms with van der Waals surface area (Å²) in [7, 11) is 0. The van der Waals surface area contributed by atoms with Gasteiger partial charge in [-0.1, -0.05) is 6.92 Å². The van der Waals surface area contributed by atoms with Gasteiger partial charge in [-0.2, -0.15) is 0 Å². The molecule has 110 valence electrons. The van der Waals surface area contributed by atoms with E-state index in [9.17, 15) is 9.18 Å². The molecule has 1 unspecified atom stereocenters. The van der Waals surface area contributed by atoms with E-state index >= 15 is 0 Å². The number of halogens is 1. The van der Waals surface area contributed by atoms with Crippen molar-refractivity contribution in [3.63, 3.8) is 0 Å². The molecule has 1 saturated heterocycles. The first-order valence-corrected chi connectivity index (χ1v) is 6.76. The molecule has 1 aliphatic rings. The minimum Gasteiger partial charge on any atom is -0.491 e. The maximum absolute atomic E-state index is 13.2. The van der Waals surface area contributed by atoms with Gasteiger partial charge in [0.15, 0.2) is 0 Å². The van der Waals surface area contributed by atoms with Crippen molar-refractivity contribution >= 4 is 11.6 Å². The highest BCUT2D eigenvalue weighted by atomic mass is 19.1. The number of benzene rings is 1. The first-order chi connectivity index (χ1) is 9.70. The summed E-state index contributed by atoms with van der Waals surface area (Å²) in [6.07, 6.45) is 0.271. The molecule has 0 aliphatic carbocycles. The Hall–Kier alpha value is -1.66. The average Bonchev–Trinajstić information content (AvgIpc) is 2.48. The third-order valence-corrected chi connectivity index (χ3v) is 2.88. The molecular formula is C14H19FN2O3. The number of ether oxygens (including phenoxy) is 2. The Labute approximate surface area is 117 Å². The standard InChI is InChI=1S/C14H19FN2O3/c1-2-6-19-12-8-10(15)3-4-11(12)17-14(18)13-9-16-5-7-20-13/h3-4,8,13,16H,2,5-7,9H2,1H3,(H,17,18). The number of nitrogens with one attached hydrogen (secondary N) is 2. The summed E-state index contributed by atoms with van der Waals surface area (Å²) in [5.74, 6) is -0.321. The molecule has 1 aliphatic heterocycles. The Morgan fingerprint density at radius 3 is 3.15 bits per heavy atom. The summed E-state index contributed by atoms with van der Waals surface area (Å²) < 4.78 is 24.1. The highest BCUT2D eigenvalue weighted by Crippen LogP contribution is 2.26. The molecule has 20 heavy (non-hydrogen) atoms. The van der Waals surface area contributed by atoms with E-state index in [4.69, 9.17) is 9.47 Å². The number of carbonyl (C=O) groups is 1. The number of amides is 1. The Morgan fingerprint density at radius 2 is 2.45 bits per heavy atom. The van der Waals surface area contributed by atoms with Crippen molar-refractivity contribution in [3.8, 4) is 5.75 Å². The van der Waals surface area contributed by atoms with E-state index in [1.807, 2.05) is 6.92 Å². The van der Waals surface area contributed by atoms with E-state index in [-0.39, 0.29) is 5.91 Å². The second-order valence-electron chi connectivity index (χ2n) is 4.54. The summed E-state index contributed by atoms with van der Waals surface area (Å²) in [4.78, 5) is 12.1. The van der Waals surface area contributed by atoms with Crippen LogP contribution in [0.1, 0.15) is 13.3 Å². The van der Waals surface area contributed by atoms with Gasteiger partial charge in [0.2, 0.25) is 0 Å². The summed E-state index contributed by atoms with van der Waals surface area (Å²) in [5, 5.41) is 5.80. The Balaban J connectivity index is 2.05. The number of rotatable bonds is 5. The zero-order chi connectivity index (χ0) is 14.4. The van der Waals surface area contributed by atoms with Gasteiger partial charge in [-0.05, 0) is 18.6 Å². The summed E-state index contributed by atoms with van der Waals surface area (Å²) in [5.41, 5.74) is 0.457. The van der Waals surface area contributed by atoms with E-state index in [1.165, 1.54) is 18.2 Å². The smallest absolute Gasteiger partial charge is 0.254 e. The molecule has 2 rings (SSSR count). The molecule has 1 amide bonds. The van der Waals surface area contributed by atoms with Crippen molar-refractivity contribution in [2.45, 2.75) is 19.4 Å². The van der Waals surface area contributed by atoms with E-state index in [2.05, 4.69) is 10.6 Å². The van der Waals surface area contributed by atoms with Gasteiger partial charge in [0.05, 0.1) is 18.9 Å². The SMILES string of the molecule is CCCOc1cc(F)ccc1NC(=O)C1CNCCO1. The van der Waals surface area contributed by atoms with Gasteiger partial charge >= 0.3 is 0 Å². The van der Waals surface area contributed by atoms with E-state index in [0.717, 1.165) is 13.0 Å². The third-order valence-electron chi connectivity index (χ3n) is 2.88. The lowest BCUT2D eigenvalue weighted by Gasteiger charge is -2.23. The summed E-state index contributed by atoms with van der Waals surface area (Å²) in [6.45, 7) is 4.14. The highest BCUT2D eigenvalue weighted by Gasteiger charge is 2.22. The molecule has 0 bridgehead atoms. The van der Waals surface area contributed by atoms with Crippen LogP contribution < -0.4 is 15.4 Å². The number of anilines is 1. The van der Waals surface area contributed by atoms with Crippen LogP contribution in [0, 0.1) is 5.82 Å². The number of hydrogen-bond acceptors (Lipinski definition) is 4. The third kappa shape index (κ3) is 3.91. The second-order valence-corrected chi connectivity index (χ2v) is 4.54. The topological polar surface area (TPSA) is 59.6 Å². The number of carbonyl (C=O) groups excluding carboxylic acids is 1. The predicted octanol–water partition coefficient (Wildman–Crippen LogP) is 1.54. The first-order valence-electron chi connectivity index (χ1n) is 6.76. The van der Waals surface area contributed by atoms with Gasteiger partial charge in [0.25, 0.3) is 5.91 Å². The van der Waals surface area contributed by atoms with Crippen LogP contribution in [0.25, 0.3) is 0 Å². The molecule has 1 aromatic rings. The van der Waals surface area contributed by atoms with Crippen LogP contribution in [0.2, 0.25) is 0 Å². The first kappa shape index (κ1) is 14.7. The summed E-state index contributed by atoms with van der Waals surface area (Å²) in [6, 6.07) is 4.05. The molecule has 2 N–H and O–H groups in total. The van der Waals surface area contributed by atoms with Crippen LogP contribution in [0.3, 0.4) is 0 Å². The van der Waals surface area contributed by atoms with Gasteiger partial charge in [0.1, 0.15) is 17.7 Å². The maximum Gasteiger partial charge on any atom is 0.254 e. The number of hydrogen-bond donors (Lipinski definition) is 2. The molecule has 0 saturated carbocycles. The molecule has 6 heteroatoms. The van der Waals surface area contributed by atoms with Crippen molar-refractivity contribution < 1.29 is 18.7 Å². The zero-order valence-corrected chi connectivity index (χ0v) is 11.4. The van der Waals surface area contributed by atoms with E-state index < -0.39 is 11.9 Å². The largest absolute Gasteiger partial charge is 0.491 e. The van der Waals surface area contributed by atoms with E-state index in [0.29, 0.717) is 31.2 Å². The van der Waals surface area contributed by atoms with Gasteiger partial charge in [-0.3, -0.25) is 4.79 Å². The van der Waals surface area contributed by atoms with Crippen molar-refractivity contribution in [1.29, 1.82) is 0 Å². The fraction of sp³-hybridized carbons (Fsp3) is 0.500. The Bertz CT molecular complexity index is 462. The molecule has 1 heterocycles. The van der Waals surface area contributed by atoms with Crippen LogP contribution in [0.15, 0.2) is 18.2 Å². The number of morpholine rings is 1. The van der Waals surface area contributed by atoms with Gasteiger partial charge in [0, 0.05) is 19.2 Å². The lowest BCUT2D eigenvalue weighted by atomic mass is 10.2. The summed E-state index contributed by atoms with van der Waals surface area (Å²) >= 11 is 0. The minimum absolute atomic E-state index is 0.259. The highest BCUT2D eigenvalue weighted by molar-refractivity contribution is 5.95. The minimum atomic E-state index is -0.534. The van der Waals surface area contributed by atoms with Crippen LogP contribution in [0.4, 0.5) is 10.1 Å². The normalized spacial score (nSPS) is 18.6. The monoisotopic (exact) mass is 282 g/mol. The van der Waals surface area contributed by atoms with Crippen molar-refractivity contribution in [1.82, 2.24) is 5.32 Å². The van der Waals surface area contributed by atoms with Crippen molar-refractivity contribution in [2.75, 3.05) is 31.6 Å². The van der Waals surface area contributed by atoms with E-state index in [1.54, 1.807) is 0 Å². The van der Waals surface area contributed by atoms with Crippen LogP contribution in [0.5, 0.6) is 5.75 Å². The molecule has 0 spiro atoms. The zero-order valence-electron chi connectivity index (χ0n) is 11.4. The molecule has 5 nitrogen and oxygen atoms in total. The quantitative estimate of drug-likeness (QED) is 0.860. The predicted molar refractivity (Wildman–Crippen MR) is 73.4 cm³/mol. The maximum atomic E-state index is 13.2. The molecule has 1 fully saturated rings. The lowest BCUT2D eigenvalue weighted by molar-refractivity contribution is -0.128. The van der Waals surface area contributed by atoms with Crippen LogP contribution in [-0.4, -0.2) is 38.3 Å². The van der Waals surface area contributed by atoms with Gasteiger partial charge in [-0.25, -0.2) is 4.39 Å². The Kier molecular flexibility index (Phi) is 5.31. The van der Waals surface area contributed by atoms with Crippen molar-refractivity contribution in [3.05, 3.63) is 24.0 Å². The second kappa shape index (κ2) is 7.21. The van der Waals surface area contributed by atoms with Gasteiger partial charge < -0.3 is 20.1 Å². The molecule has 1 atom stereocenters. The fourth-order valence-corrected chi connectivity index (χ4v) is 1.88. The molecule has 1 aromatic carbocycles. The lowest BCUT2D eigenvalue weighted by Crippen LogP contribution is -2.45. The molecule has 0 radical (unpaired) electrons. The molecule has 0 aromatic heterocycles. The van der Waals surface area contributed by atoms with Crippen LogP contribution >= 0.6 is 0 Å². The van der Waals surface area contributed by atoms with Gasteiger partial charge in [-0.15, -0.1) is 0 Å². The van der Waals surface area contributed by atoms with Crippen LogP contribution in [-0.2, 0) is 9.53 Å². The van der Waals surface area contributed by atoms with Crippen molar-refractivity contribution in [2.24, 2.45) is 0 Å².